The molecule has 2 amide bonds. The summed E-state index contributed by atoms with van der Waals surface area (Å²) in [5, 5.41) is 2.94. The van der Waals surface area contributed by atoms with Crippen LogP contribution in [-0.2, 0) is 9.59 Å². The second-order valence-electron chi connectivity index (χ2n) is 4.90. The van der Waals surface area contributed by atoms with Crippen molar-refractivity contribution in [1.82, 2.24) is 9.80 Å². The van der Waals surface area contributed by atoms with E-state index in [0.29, 0.717) is 29.5 Å². The minimum atomic E-state index is -0.652. The topological polar surface area (TPSA) is 61.9 Å². The quantitative estimate of drug-likeness (QED) is 0.830. The highest BCUT2D eigenvalue weighted by molar-refractivity contribution is 6.39. The molecule has 0 unspecified atom stereocenters. The number of carbonyl (C=O) groups is 2. The number of hydrogen-bond donors (Lipinski definition) is 1. The zero-order valence-electron chi connectivity index (χ0n) is 12.1. The summed E-state index contributed by atoms with van der Waals surface area (Å²) in [7, 11) is 3.50. The summed E-state index contributed by atoms with van der Waals surface area (Å²) in [5.74, 6) is -0.657. The first-order valence-corrected chi connectivity index (χ1v) is 7.01. The molecule has 1 aromatic carbocycles. The first-order valence-electron chi connectivity index (χ1n) is 6.63. The maximum atomic E-state index is 12.1. The van der Waals surface area contributed by atoms with Crippen LogP contribution in [0.5, 0.6) is 5.75 Å². The summed E-state index contributed by atoms with van der Waals surface area (Å²) in [4.78, 5) is 27.7. The summed E-state index contributed by atoms with van der Waals surface area (Å²) in [6.45, 7) is 2.67. The van der Waals surface area contributed by atoms with Gasteiger partial charge in [-0.25, -0.2) is 0 Å². The second kappa shape index (κ2) is 6.78. The average Bonchev–Trinajstić information content (AvgIpc) is 2.47. The summed E-state index contributed by atoms with van der Waals surface area (Å²) in [5.41, 5.74) is 0.466. The molecule has 0 radical (unpaired) electrons. The van der Waals surface area contributed by atoms with Crippen molar-refractivity contribution in [3.05, 3.63) is 23.2 Å². The van der Waals surface area contributed by atoms with Crippen molar-refractivity contribution < 1.29 is 14.3 Å². The van der Waals surface area contributed by atoms with Crippen LogP contribution in [0.25, 0.3) is 0 Å². The zero-order chi connectivity index (χ0) is 15.4. The number of anilines is 1. The van der Waals surface area contributed by atoms with E-state index in [1.165, 1.54) is 7.11 Å². The van der Waals surface area contributed by atoms with Crippen LogP contribution in [0.4, 0.5) is 5.69 Å². The Hall–Kier alpha value is -1.79. The summed E-state index contributed by atoms with van der Waals surface area (Å²) >= 11 is 5.98. The van der Waals surface area contributed by atoms with Crippen LogP contribution in [0, 0.1) is 0 Å². The van der Waals surface area contributed by atoms with Gasteiger partial charge >= 0.3 is 11.8 Å². The van der Waals surface area contributed by atoms with Gasteiger partial charge in [0.1, 0.15) is 5.75 Å². The lowest BCUT2D eigenvalue weighted by molar-refractivity contribution is -0.144. The molecule has 0 atom stereocenters. The molecule has 1 aliphatic heterocycles. The lowest BCUT2D eigenvalue weighted by atomic mass is 10.3. The summed E-state index contributed by atoms with van der Waals surface area (Å²) in [6, 6.07) is 4.83. The first-order chi connectivity index (χ1) is 10.0. The Balaban J connectivity index is 1.97. The minimum Gasteiger partial charge on any atom is -0.495 e. The lowest BCUT2D eigenvalue weighted by Gasteiger charge is -2.31. The predicted octanol–water partition coefficient (Wildman–Crippen LogP) is 1.06. The van der Waals surface area contributed by atoms with E-state index in [1.54, 1.807) is 23.1 Å². The Kier molecular flexibility index (Phi) is 5.03. The van der Waals surface area contributed by atoms with Gasteiger partial charge in [0.15, 0.2) is 0 Å². The van der Waals surface area contributed by atoms with Crippen molar-refractivity contribution in [2.45, 2.75) is 0 Å². The molecule has 0 bridgehead atoms. The zero-order valence-corrected chi connectivity index (χ0v) is 12.8. The van der Waals surface area contributed by atoms with Crippen molar-refractivity contribution in [3.8, 4) is 5.75 Å². The van der Waals surface area contributed by atoms with Crippen molar-refractivity contribution in [2.75, 3.05) is 45.7 Å². The fraction of sp³-hybridized carbons (Fsp3) is 0.429. The highest BCUT2D eigenvalue weighted by Crippen LogP contribution is 2.27. The van der Waals surface area contributed by atoms with Crippen LogP contribution in [-0.4, -0.2) is 62.0 Å². The van der Waals surface area contributed by atoms with Crippen LogP contribution in [0.2, 0.25) is 5.02 Å². The molecule has 6 nitrogen and oxygen atoms in total. The van der Waals surface area contributed by atoms with Gasteiger partial charge in [0.25, 0.3) is 0 Å². The van der Waals surface area contributed by atoms with Gasteiger partial charge in [0.2, 0.25) is 0 Å². The van der Waals surface area contributed by atoms with E-state index >= 15 is 0 Å². The number of halogens is 1. The normalized spacial score (nSPS) is 15.7. The van der Waals surface area contributed by atoms with Gasteiger partial charge in [0, 0.05) is 31.9 Å². The Morgan fingerprint density at radius 2 is 1.90 bits per heavy atom. The fourth-order valence-corrected chi connectivity index (χ4v) is 2.34. The molecule has 0 aromatic heterocycles. The Labute approximate surface area is 128 Å². The number of likely N-dealkylation sites (N-methyl/N-ethyl adjacent to an activating group) is 1. The number of methoxy groups -OCH3 is 1. The van der Waals surface area contributed by atoms with Gasteiger partial charge in [-0.1, -0.05) is 11.6 Å². The highest BCUT2D eigenvalue weighted by Gasteiger charge is 2.24. The average molecular weight is 312 g/mol. The molecule has 1 aliphatic rings. The third kappa shape index (κ3) is 3.86. The van der Waals surface area contributed by atoms with Gasteiger partial charge in [-0.2, -0.15) is 0 Å². The monoisotopic (exact) mass is 311 g/mol. The molecule has 2 rings (SSSR count). The van der Waals surface area contributed by atoms with Gasteiger partial charge in [0.05, 0.1) is 12.1 Å². The highest BCUT2D eigenvalue weighted by atomic mass is 35.5. The number of nitrogens with one attached hydrogen (secondary N) is 1. The van der Waals surface area contributed by atoms with Gasteiger partial charge in [-0.3, -0.25) is 9.59 Å². The number of carbonyl (C=O) groups excluding carboxylic acids is 2. The Morgan fingerprint density at radius 3 is 2.48 bits per heavy atom. The third-order valence-electron chi connectivity index (χ3n) is 3.39. The van der Waals surface area contributed by atoms with Crippen LogP contribution in [0.3, 0.4) is 0 Å². The van der Waals surface area contributed by atoms with Crippen LogP contribution in [0.1, 0.15) is 0 Å². The van der Waals surface area contributed by atoms with Gasteiger partial charge < -0.3 is 19.9 Å². The van der Waals surface area contributed by atoms with E-state index in [-0.39, 0.29) is 0 Å². The van der Waals surface area contributed by atoms with E-state index in [9.17, 15) is 9.59 Å². The van der Waals surface area contributed by atoms with E-state index in [0.717, 1.165) is 13.1 Å². The molecule has 0 aliphatic carbocycles. The molecule has 1 heterocycles. The van der Waals surface area contributed by atoms with Crippen molar-refractivity contribution in [3.63, 3.8) is 0 Å². The number of amides is 2. The Bertz CT molecular complexity index is 542. The summed E-state index contributed by atoms with van der Waals surface area (Å²) in [6.07, 6.45) is 0. The Morgan fingerprint density at radius 1 is 1.24 bits per heavy atom. The largest absolute Gasteiger partial charge is 0.495 e. The van der Waals surface area contributed by atoms with E-state index in [4.69, 9.17) is 16.3 Å². The molecular weight excluding hydrogens is 294 g/mol. The van der Waals surface area contributed by atoms with Gasteiger partial charge in [-0.05, 0) is 25.2 Å². The molecule has 21 heavy (non-hydrogen) atoms. The van der Waals surface area contributed by atoms with Crippen LogP contribution in [0.15, 0.2) is 18.2 Å². The van der Waals surface area contributed by atoms with Crippen molar-refractivity contribution >= 4 is 29.1 Å². The molecule has 1 aromatic rings. The third-order valence-corrected chi connectivity index (χ3v) is 3.69. The van der Waals surface area contributed by atoms with E-state index in [1.807, 2.05) is 7.05 Å². The molecule has 0 spiro atoms. The standard InChI is InChI=1S/C14H18ClN3O3/c1-17-5-7-18(8-6-17)14(20)13(19)16-10-3-4-12(21-2)11(15)9-10/h3-4,9H,5-8H2,1-2H3,(H,16,19). The predicted molar refractivity (Wildman–Crippen MR) is 80.7 cm³/mol. The van der Waals surface area contributed by atoms with Crippen molar-refractivity contribution in [1.29, 1.82) is 0 Å². The fourth-order valence-electron chi connectivity index (χ4n) is 2.08. The number of benzene rings is 1. The lowest BCUT2D eigenvalue weighted by Crippen LogP contribution is -2.50. The molecular formula is C14H18ClN3O3. The molecule has 114 valence electrons. The first kappa shape index (κ1) is 15.6. The SMILES string of the molecule is COc1ccc(NC(=O)C(=O)N2CCN(C)CC2)cc1Cl. The number of piperazine rings is 1. The molecule has 1 fully saturated rings. The van der Waals surface area contributed by atoms with Crippen LogP contribution < -0.4 is 10.1 Å². The minimum absolute atomic E-state index is 0.377. The maximum absolute atomic E-state index is 12.1. The number of nitrogens with zero attached hydrogens (tertiary/aromatic N) is 2. The maximum Gasteiger partial charge on any atom is 0.313 e. The second-order valence-corrected chi connectivity index (χ2v) is 5.31. The number of rotatable bonds is 2. The van der Waals surface area contributed by atoms with Crippen molar-refractivity contribution in [2.24, 2.45) is 0 Å². The van der Waals surface area contributed by atoms with E-state index in [2.05, 4.69) is 10.2 Å². The van der Waals surface area contributed by atoms with Crippen LogP contribution >= 0.6 is 11.6 Å². The summed E-state index contributed by atoms with van der Waals surface area (Å²) < 4.78 is 5.03. The molecule has 0 saturated carbocycles. The smallest absolute Gasteiger partial charge is 0.313 e. The number of ether oxygens (including phenoxy) is 1. The molecule has 1 N–H and O–H groups in total. The molecule has 1 saturated heterocycles. The van der Waals surface area contributed by atoms with Gasteiger partial charge in [-0.15, -0.1) is 0 Å². The van der Waals surface area contributed by atoms with E-state index < -0.39 is 11.8 Å². The number of hydrogen-bond acceptors (Lipinski definition) is 4. The molecule has 7 heteroatoms.